The van der Waals surface area contributed by atoms with Crippen LogP contribution in [0.25, 0.3) is 10.8 Å². The number of phenols is 1. The highest BCUT2D eigenvalue weighted by molar-refractivity contribution is 5.87. The summed E-state index contributed by atoms with van der Waals surface area (Å²) < 4.78 is 0. The van der Waals surface area contributed by atoms with Gasteiger partial charge in [-0.1, -0.05) is 50.1 Å². The molecule has 112 valence electrons. The van der Waals surface area contributed by atoms with E-state index in [1.165, 1.54) is 36.5 Å². The van der Waals surface area contributed by atoms with Crippen LogP contribution < -0.4 is 0 Å². The fraction of sp³-hybridized carbons (Fsp3) is 0.474. The van der Waals surface area contributed by atoms with Crippen molar-refractivity contribution in [3.63, 3.8) is 0 Å². The molecule has 2 heteroatoms. The lowest BCUT2D eigenvalue weighted by Crippen LogP contribution is -2.33. The van der Waals surface area contributed by atoms with Crippen molar-refractivity contribution in [1.82, 2.24) is 4.90 Å². The third-order valence-corrected chi connectivity index (χ3v) is 4.80. The summed E-state index contributed by atoms with van der Waals surface area (Å²) in [5.41, 5.74) is 1.09. The minimum Gasteiger partial charge on any atom is -0.508 e. The summed E-state index contributed by atoms with van der Waals surface area (Å²) in [5, 5.41) is 12.7. The first-order valence-corrected chi connectivity index (χ1v) is 8.20. The number of hydrogen-bond donors (Lipinski definition) is 1. The van der Waals surface area contributed by atoms with Crippen LogP contribution in [0, 0.1) is 5.92 Å². The van der Waals surface area contributed by atoms with Crippen LogP contribution >= 0.6 is 0 Å². The molecule has 1 heterocycles. The Hall–Kier alpha value is -1.54. The van der Waals surface area contributed by atoms with E-state index in [2.05, 4.69) is 36.1 Å². The minimum atomic E-state index is 0.435. The number of fused-ring (bicyclic) bond motifs is 1. The van der Waals surface area contributed by atoms with Crippen LogP contribution in [0.4, 0.5) is 0 Å². The summed E-state index contributed by atoms with van der Waals surface area (Å²) >= 11 is 0. The molecular weight excluding hydrogens is 258 g/mol. The number of likely N-dealkylation sites (tertiary alicyclic amines) is 1. The highest BCUT2D eigenvalue weighted by Gasteiger charge is 2.20. The molecule has 0 spiro atoms. The van der Waals surface area contributed by atoms with Crippen LogP contribution in [-0.2, 0) is 6.54 Å². The second kappa shape index (κ2) is 6.48. The summed E-state index contributed by atoms with van der Waals surface area (Å²) in [6, 6.07) is 12.2. The molecule has 0 radical (unpaired) electrons. The van der Waals surface area contributed by atoms with E-state index >= 15 is 0 Å². The van der Waals surface area contributed by atoms with Gasteiger partial charge in [-0.15, -0.1) is 0 Å². The molecule has 2 nitrogen and oxygen atoms in total. The third kappa shape index (κ3) is 3.21. The number of rotatable bonds is 4. The zero-order valence-corrected chi connectivity index (χ0v) is 12.9. The monoisotopic (exact) mass is 283 g/mol. The van der Waals surface area contributed by atoms with Gasteiger partial charge in [0, 0.05) is 12.1 Å². The molecule has 0 bridgehead atoms. The van der Waals surface area contributed by atoms with Gasteiger partial charge in [-0.25, -0.2) is 0 Å². The molecule has 1 aliphatic heterocycles. The van der Waals surface area contributed by atoms with Crippen molar-refractivity contribution in [3.8, 4) is 5.75 Å². The van der Waals surface area contributed by atoms with Gasteiger partial charge in [0.05, 0.1) is 0 Å². The quantitative estimate of drug-likeness (QED) is 0.889. The Morgan fingerprint density at radius 1 is 1.10 bits per heavy atom. The van der Waals surface area contributed by atoms with Crippen LogP contribution in [-0.4, -0.2) is 23.1 Å². The van der Waals surface area contributed by atoms with Crippen molar-refractivity contribution >= 4 is 10.8 Å². The fourth-order valence-electron chi connectivity index (χ4n) is 3.56. The maximum absolute atomic E-state index is 10.2. The zero-order chi connectivity index (χ0) is 14.7. The Kier molecular flexibility index (Phi) is 4.45. The standard InChI is InChI=1S/C19H25NO/c1-2-5-15-10-12-20(13-11-15)14-18-17-7-4-3-6-16(17)8-9-19(18)21/h3-4,6-9,15,21H,2,5,10-14H2,1H3. The second-order valence-corrected chi connectivity index (χ2v) is 6.29. The molecule has 0 aliphatic carbocycles. The first-order valence-electron chi connectivity index (χ1n) is 8.20. The van der Waals surface area contributed by atoms with E-state index in [1.807, 2.05) is 12.1 Å². The second-order valence-electron chi connectivity index (χ2n) is 6.29. The van der Waals surface area contributed by atoms with Crippen molar-refractivity contribution in [2.75, 3.05) is 13.1 Å². The average Bonchev–Trinajstić information content (AvgIpc) is 2.52. The molecular formula is C19H25NO. The molecule has 2 aromatic carbocycles. The normalized spacial score (nSPS) is 17.4. The SMILES string of the molecule is CCCC1CCN(Cc2c(O)ccc3ccccc23)CC1. The van der Waals surface area contributed by atoms with Crippen molar-refractivity contribution in [2.45, 2.75) is 39.2 Å². The Bertz CT molecular complexity index is 600. The van der Waals surface area contributed by atoms with Gasteiger partial charge in [0.2, 0.25) is 0 Å². The lowest BCUT2D eigenvalue weighted by Gasteiger charge is -2.32. The van der Waals surface area contributed by atoms with Crippen LogP contribution in [0.2, 0.25) is 0 Å². The topological polar surface area (TPSA) is 23.5 Å². The van der Waals surface area contributed by atoms with Gasteiger partial charge < -0.3 is 5.11 Å². The maximum Gasteiger partial charge on any atom is 0.120 e. The highest BCUT2D eigenvalue weighted by atomic mass is 16.3. The molecule has 21 heavy (non-hydrogen) atoms. The molecule has 0 unspecified atom stereocenters. The van der Waals surface area contributed by atoms with E-state index in [1.54, 1.807) is 0 Å². The van der Waals surface area contributed by atoms with Gasteiger partial charge in [-0.2, -0.15) is 0 Å². The van der Waals surface area contributed by atoms with Crippen molar-refractivity contribution < 1.29 is 5.11 Å². The van der Waals surface area contributed by atoms with E-state index in [9.17, 15) is 5.11 Å². The molecule has 3 rings (SSSR count). The largest absolute Gasteiger partial charge is 0.508 e. The lowest BCUT2D eigenvalue weighted by molar-refractivity contribution is 0.171. The number of benzene rings is 2. The molecule has 0 saturated carbocycles. The number of aromatic hydroxyl groups is 1. The smallest absolute Gasteiger partial charge is 0.120 e. The lowest BCUT2D eigenvalue weighted by atomic mass is 9.92. The molecule has 1 N–H and O–H groups in total. The number of hydrogen-bond acceptors (Lipinski definition) is 2. The summed E-state index contributed by atoms with van der Waals surface area (Å²) in [6.45, 7) is 5.47. The molecule has 1 fully saturated rings. The van der Waals surface area contributed by atoms with E-state index in [-0.39, 0.29) is 0 Å². The van der Waals surface area contributed by atoms with E-state index in [4.69, 9.17) is 0 Å². The molecule has 1 saturated heterocycles. The van der Waals surface area contributed by atoms with Crippen molar-refractivity contribution in [2.24, 2.45) is 5.92 Å². The van der Waals surface area contributed by atoms with Crippen LogP contribution in [0.5, 0.6) is 5.75 Å². The summed E-state index contributed by atoms with van der Waals surface area (Å²) in [4.78, 5) is 2.49. The number of piperidine rings is 1. The molecule has 1 aliphatic rings. The fourth-order valence-corrected chi connectivity index (χ4v) is 3.56. The first kappa shape index (κ1) is 14.4. The first-order chi connectivity index (χ1) is 10.3. The van der Waals surface area contributed by atoms with Gasteiger partial charge in [0.25, 0.3) is 0 Å². The summed E-state index contributed by atoms with van der Waals surface area (Å²) in [6.07, 6.45) is 5.28. The minimum absolute atomic E-state index is 0.435. The predicted octanol–water partition coefficient (Wildman–Crippen LogP) is 4.56. The van der Waals surface area contributed by atoms with Gasteiger partial charge in [0.1, 0.15) is 5.75 Å². The van der Waals surface area contributed by atoms with Gasteiger partial charge >= 0.3 is 0 Å². The van der Waals surface area contributed by atoms with Crippen LogP contribution in [0.3, 0.4) is 0 Å². The molecule has 0 atom stereocenters. The Balaban J connectivity index is 1.75. The van der Waals surface area contributed by atoms with Crippen LogP contribution in [0.15, 0.2) is 36.4 Å². The zero-order valence-electron chi connectivity index (χ0n) is 12.9. The van der Waals surface area contributed by atoms with Gasteiger partial charge in [-0.05, 0) is 48.7 Å². The number of phenolic OH excluding ortho intramolecular Hbond substituents is 1. The van der Waals surface area contributed by atoms with E-state index < -0.39 is 0 Å². The van der Waals surface area contributed by atoms with E-state index in [0.717, 1.165) is 31.1 Å². The maximum atomic E-state index is 10.2. The molecule has 0 aromatic heterocycles. The van der Waals surface area contributed by atoms with Crippen molar-refractivity contribution in [3.05, 3.63) is 42.0 Å². The molecule has 0 amide bonds. The summed E-state index contributed by atoms with van der Waals surface area (Å²) in [7, 11) is 0. The third-order valence-electron chi connectivity index (χ3n) is 4.80. The number of nitrogens with zero attached hydrogens (tertiary/aromatic N) is 1. The van der Waals surface area contributed by atoms with E-state index in [0.29, 0.717) is 5.75 Å². The average molecular weight is 283 g/mol. The Labute approximate surface area is 127 Å². The molecule has 2 aromatic rings. The van der Waals surface area contributed by atoms with Gasteiger partial charge in [0.15, 0.2) is 0 Å². The summed E-state index contributed by atoms with van der Waals surface area (Å²) in [5.74, 6) is 1.34. The highest BCUT2D eigenvalue weighted by Crippen LogP contribution is 2.30. The Morgan fingerprint density at radius 3 is 2.62 bits per heavy atom. The van der Waals surface area contributed by atoms with Gasteiger partial charge in [-0.3, -0.25) is 4.90 Å². The predicted molar refractivity (Wildman–Crippen MR) is 88.5 cm³/mol. The van der Waals surface area contributed by atoms with Crippen LogP contribution in [0.1, 0.15) is 38.2 Å². The Morgan fingerprint density at radius 2 is 1.86 bits per heavy atom. The van der Waals surface area contributed by atoms with Crippen molar-refractivity contribution in [1.29, 1.82) is 0 Å².